The third-order valence-electron chi connectivity index (χ3n) is 0.746. The second-order valence-corrected chi connectivity index (χ2v) is 2.17. The third kappa shape index (κ3) is 7.81. The highest BCUT2D eigenvalue weighted by Crippen LogP contribution is 1.88. The number of hydrogen-bond donors (Lipinski definition) is 1. The first kappa shape index (κ1) is 8.81. The summed E-state index contributed by atoms with van der Waals surface area (Å²) < 4.78 is 0. The van der Waals surface area contributed by atoms with Crippen molar-refractivity contribution >= 4 is 11.6 Å². The predicted molar refractivity (Wildman–Crippen MR) is 39.4 cm³/mol. The minimum absolute atomic E-state index is 0.500. The van der Waals surface area contributed by atoms with Crippen molar-refractivity contribution < 1.29 is 5.11 Å². The van der Waals surface area contributed by atoms with Gasteiger partial charge in [-0.05, 0) is 13.3 Å². The standard InChI is InChI=1S/C7H11ClO/c1-7(9)5-3-2-4-6-8/h7,9H,2,4,6H2,1H3. The first-order valence-electron chi connectivity index (χ1n) is 3.00. The first-order chi connectivity index (χ1) is 4.27. The van der Waals surface area contributed by atoms with Crippen LogP contribution in [-0.4, -0.2) is 17.1 Å². The van der Waals surface area contributed by atoms with E-state index >= 15 is 0 Å². The molecule has 0 rings (SSSR count). The summed E-state index contributed by atoms with van der Waals surface area (Å²) in [5.74, 6) is 6.08. The first-order valence-corrected chi connectivity index (χ1v) is 3.53. The molecule has 0 bridgehead atoms. The molecule has 1 N–H and O–H groups in total. The molecule has 0 saturated heterocycles. The highest BCUT2D eigenvalue weighted by Gasteiger charge is 1.82. The van der Waals surface area contributed by atoms with Gasteiger partial charge in [0, 0.05) is 12.3 Å². The van der Waals surface area contributed by atoms with Crippen LogP contribution in [0.4, 0.5) is 0 Å². The van der Waals surface area contributed by atoms with Gasteiger partial charge in [0.15, 0.2) is 0 Å². The Hall–Kier alpha value is -0.190. The molecule has 0 aromatic carbocycles. The zero-order valence-electron chi connectivity index (χ0n) is 5.52. The molecule has 0 aliphatic rings. The summed E-state index contributed by atoms with van der Waals surface area (Å²) in [4.78, 5) is 0. The molecule has 0 radical (unpaired) electrons. The van der Waals surface area contributed by atoms with Crippen LogP contribution in [0, 0.1) is 11.8 Å². The third-order valence-corrected chi connectivity index (χ3v) is 1.01. The van der Waals surface area contributed by atoms with Crippen LogP contribution in [0.15, 0.2) is 0 Å². The van der Waals surface area contributed by atoms with Crippen molar-refractivity contribution in [2.75, 3.05) is 5.88 Å². The predicted octanol–water partition coefficient (Wildman–Crippen LogP) is 1.39. The molecule has 2 heteroatoms. The molecule has 0 spiro atoms. The highest BCUT2D eigenvalue weighted by atomic mass is 35.5. The van der Waals surface area contributed by atoms with Gasteiger partial charge in [0.1, 0.15) is 6.10 Å². The average molecular weight is 147 g/mol. The highest BCUT2D eigenvalue weighted by molar-refractivity contribution is 6.17. The van der Waals surface area contributed by atoms with Crippen LogP contribution in [0.2, 0.25) is 0 Å². The van der Waals surface area contributed by atoms with Crippen molar-refractivity contribution in [3.8, 4) is 11.8 Å². The van der Waals surface area contributed by atoms with E-state index in [1.807, 2.05) is 0 Å². The van der Waals surface area contributed by atoms with Gasteiger partial charge in [-0.3, -0.25) is 0 Å². The molecule has 0 aromatic rings. The van der Waals surface area contributed by atoms with Gasteiger partial charge in [0.2, 0.25) is 0 Å². The summed E-state index contributed by atoms with van der Waals surface area (Å²) in [5, 5.41) is 8.65. The maximum absolute atomic E-state index is 8.65. The van der Waals surface area contributed by atoms with E-state index in [0.29, 0.717) is 5.88 Å². The topological polar surface area (TPSA) is 20.2 Å². The van der Waals surface area contributed by atoms with Crippen molar-refractivity contribution in [1.29, 1.82) is 0 Å². The van der Waals surface area contributed by atoms with E-state index in [2.05, 4.69) is 11.8 Å². The van der Waals surface area contributed by atoms with E-state index in [9.17, 15) is 0 Å². The van der Waals surface area contributed by atoms with Crippen molar-refractivity contribution in [3.63, 3.8) is 0 Å². The van der Waals surface area contributed by atoms with Gasteiger partial charge >= 0.3 is 0 Å². The summed E-state index contributed by atoms with van der Waals surface area (Å²) in [6, 6.07) is 0. The molecule has 1 unspecified atom stereocenters. The van der Waals surface area contributed by atoms with Gasteiger partial charge in [-0.25, -0.2) is 0 Å². The van der Waals surface area contributed by atoms with Gasteiger partial charge in [0.25, 0.3) is 0 Å². The molecular weight excluding hydrogens is 136 g/mol. The molecule has 0 heterocycles. The van der Waals surface area contributed by atoms with Crippen LogP contribution in [0.5, 0.6) is 0 Å². The summed E-state index contributed by atoms with van der Waals surface area (Å²) >= 11 is 5.39. The zero-order valence-corrected chi connectivity index (χ0v) is 6.28. The van der Waals surface area contributed by atoms with Crippen molar-refractivity contribution in [3.05, 3.63) is 0 Å². The quantitative estimate of drug-likeness (QED) is 0.355. The van der Waals surface area contributed by atoms with Crippen LogP contribution in [0.1, 0.15) is 19.8 Å². The van der Waals surface area contributed by atoms with Gasteiger partial charge < -0.3 is 5.11 Å². The summed E-state index contributed by atoms with van der Waals surface area (Å²) in [6.45, 7) is 1.65. The fraction of sp³-hybridized carbons (Fsp3) is 0.714. The van der Waals surface area contributed by atoms with E-state index < -0.39 is 6.10 Å². The smallest absolute Gasteiger partial charge is 0.111 e. The number of rotatable bonds is 2. The summed E-state index contributed by atoms with van der Waals surface area (Å²) in [6.07, 6.45) is 1.19. The number of hydrogen-bond acceptors (Lipinski definition) is 1. The van der Waals surface area contributed by atoms with Gasteiger partial charge in [-0.2, -0.15) is 0 Å². The maximum atomic E-state index is 8.65. The van der Waals surface area contributed by atoms with Gasteiger partial charge in [0.05, 0.1) is 0 Å². The number of unbranched alkanes of at least 4 members (excludes halogenated alkanes) is 1. The molecule has 0 amide bonds. The Labute approximate surface area is 61.0 Å². The van der Waals surface area contributed by atoms with Crippen LogP contribution < -0.4 is 0 Å². The Balaban J connectivity index is 3.16. The van der Waals surface area contributed by atoms with E-state index in [1.165, 1.54) is 0 Å². The Morgan fingerprint density at radius 2 is 2.33 bits per heavy atom. The summed E-state index contributed by atoms with van der Waals surface area (Å²) in [5.41, 5.74) is 0. The zero-order chi connectivity index (χ0) is 7.11. The lowest BCUT2D eigenvalue weighted by Gasteiger charge is -1.86. The fourth-order valence-corrected chi connectivity index (χ4v) is 0.509. The normalized spacial score (nSPS) is 11.9. The molecule has 0 saturated carbocycles. The number of alkyl halides is 1. The Kier molecular flexibility index (Phi) is 5.81. The second-order valence-electron chi connectivity index (χ2n) is 1.79. The lowest BCUT2D eigenvalue weighted by molar-refractivity contribution is 0.253. The molecule has 0 aliphatic carbocycles. The molecule has 0 fully saturated rings. The molecule has 0 aromatic heterocycles. The van der Waals surface area contributed by atoms with Crippen molar-refractivity contribution in [1.82, 2.24) is 0 Å². The molecule has 1 nitrogen and oxygen atoms in total. The lowest BCUT2D eigenvalue weighted by Crippen LogP contribution is -1.92. The molecular formula is C7H11ClO. The SMILES string of the molecule is CC(O)C#CCCCCl. The largest absolute Gasteiger partial charge is 0.381 e. The van der Waals surface area contributed by atoms with Crippen LogP contribution >= 0.6 is 11.6 Å². The van der Waals surface area contributed by atoms with E-state index in [-0.39, 0.29) is 0 Å². The van der Waals surface area contributed by atoms with Gasteiger partial charge in [-0.15, -0.1) is 17.5 Å². The Morgan fingerprint density at radius 1 is 1.67 bits per heavy atom. The van der Waals surface area contributed by atoms with E-state index in [4.69, 9.17) is 16.7 Å². The number of aliphatic hydroxyl groups is 1. The second kappa shape index (κ2) is 5.94. The molecule has 0 aliphatic heterocycles. The summed E-state index contributed by atoms with van der Waals surface area (Å²) in [7, 11) is 0. The molecule has 1 atom stereocenters. The van der Waals surface area contributed by atoms with E-state index in [1.54, 1.807) is 6.92 Å². The Morgan fingerprint density at radius 3 is 2.78 bits per heavy atom. The van der Waals surface area contributed by atoms with Crippen LogP contribution in [0.3, 0.4) is 0 Å². The van der Waals surface area contributed by atoms with Gasteiger partial charge in [-0.1, -0.05) is 5.92 Å². The lowest BCUT2D eigenvalue weighted by atomic mass is 10.3. The monoisotopic (exact) mass is 146 g/mol. The Bertz CT molecular complexity index is 110. The molecule has 9 heavy (non-hydrogen) atoms. The van der Waals surface area contributed by atoms with Crippen molar-refractivity contribution in [2.24, 2.45) is 0 Å². The fourth-order valence-electron chi connectivity index (χ4n) is 0.375. The van der Waals surface area contributed by atoms with Crippen molar-refractivity contribution in [2.45, 2.75) is 25.9 Å². The number of aliphatic hydroxyl groups excluding tert-OH is 1. The minimum atomic E-state index is -0.500. The maximum Gasteiger partial charge on any atom is 0.111 e. The average Bonchev–Trinajstić information content (AvgIpc) is 1.80. The van der Waals surface area contributed by atoms with Crippen LogP contribution in [-0.2, 0) is 0 Å². The molecule has 52 valence electrons. The van der Waals surface area contributed by atoms with E-state index in [0.717, 1.165) is 12.8 Å². The minimum Gasteiger partial charge on any atom is -0.381 e. The number of halogens is 1. The van der Waals surface area contributed by atoms with Crippen LogP contribution in [0.25, 0.3) is 0 Å².